The van der Waals surface area contributed by atoms with E-state index in [1.54, 1.807) is 0 Å². The predicted octanol–water partition coefficient (Wildman–Crippen LogP) is 16.2. The van der Waals surface area contributed by atoms with Gasteiger partial charge in [-0.15, -0.1) is 0 Å². The second-order valence-corrected chi connectivity index (χ2v) is 15.3. The first-order chi connectivity index (χ1) is 27.6. The highest BCUT2D eigenvalue weighted by atomic mass is 15.1. The van der Waals surface area contributed by atoms with Gasteiger partial charge in [0.15, 0.2) is 0 Å². The van der Waals surface area contributed by atoms with Gasteiger partial charge in [-0.05, 0) is 158 Å². The molecule has 6 rings (SSSR count). The lowest BCUT2D eigenvalue weighted by Gasteiger charge is -2.26. The Morgan fingerprint density at radius 2 is 0.482 bits per heavy atom. The Balaban J connectivity index is 1.21. The van der Waals surface area contributed by atoms with Crippen LogP contribution in [0.5, 0.6) is 0 Å². The molecule has 0 aliphatic rings. The Bertz CT molecular complexity index is 1780. The maximum Gasteiger partial charge on any atom is 0.0462 e. The van der Waals surface area contributed by atoms with Gasteiger partial charge in [0.25, 0.3) is 0 Å². The van der Waals surface area contributed by atoms with Crippen LogP contribution in [-0.4, -0.2) is 0 Å². The largest absolute Gasteiger partial charge is 0.311 e. The fourth-order valence-electron chi connectivity index (χ4n) is 7.33. The standard InChI is InChI=1S/C54H62N2/c1-5-9-13-43-19-31-49(32-20-43)55(50-33-21-44(22-34-50)14-10-6-2)53-39-27-47(28-40-53)17-18-48-29-41-54(42-30-48)56(51-35-23-45(24-36-51)15-11-7-3)52-37-25-46(26-38-52)16-12-8-4/h17-42H,5-16H2,1-4H3/b18-17+. The second-order valence-electron chi connectivity index (χ2n) is 15.3. The number of hydrogen-bond donors (Lipinski definition) is 0. The monoisotopic (exact) mass is 738 g/mol. The molecule has 0 bridgehead atoms. The van der Waals surface area contributed by atoms with Crippen molar-refractivity contribution in [1.29, 1.82) is 0 Å². The van der Waals surface area contributed by atoms with Crippen molar-refractivity contribution >= 4 is 46.3 Å². The highest BCUT2D eigenvalue weighted by Gasteiger charge is 2.14. The van der Waals surface area contributed by atoms with Crippen molar-refractivity contribution in [2.45, 2.75) is 105 Å². The third-order valence-corrected chi connectivity index (χ3v) is 10.8. The molecule has 2 heteroatoms. The molecule has 0 amide bonds. The number of nitrogens with zero attached hydrogens (tertiary/aromatic N) is 2. The molecule has 0 heterocycles. The lowest BCUT2D eigenvalue weighted by atomic mass is 10.1. The number of unbranched alkanes of at least 4 members (excludes halogenated alkanes) is 4. The Morgan fingerprint density at radius 1 is 0.286 bits per heavy atom. The molecule has 0 aliphatic heterocycles. The molecule has 0 fully saturated rings. The SMILES string of the molecule is CCCCc1ccc(N(c2ccc(/C=C/c3ccc(N(c4ccc(CCCC)cc4)c4ccc(CCCC)cc4)cc3)cc2)c2ccc(CCCC)cc2)cc1. The minimum absolute atomic E-state index is 1.13. The molecule has 0 radical (unpaired) electrons. The fourth-order valence-corrected chi connectivity index (χ4v) is 7.33. The van der Waals surface area contributed by atoms with E-state index < -0.39 is 0 Å². The second kappa shape index (κ2) is 21.1. The van der Waals surface area contributed by atoms with Crippen LogP contribution in [0.1, 0.15) is 112 Å². The molecule has 56 heavy (non-hydrogen) atoms. The number of rotatable bonds is 20. The van der Waals surface area contributed by atoms with E-state index >= 15 is 0 Å². The first-order valence-electron chi connectivity index (χ1n) is 21.4. The quantitative estimate of drug-likeness (QED) is 0.0720. The van der Waals surface area contributed by atoms with E-state index in [-0.39, 0.29) is 0 Å². The minimum Gasteiger partial charge on any atom is -0.311 e. The molecule has 0 aliphatic carbocycles. The number of benzene rings is 6. The van der Waals surface area contributed by atoms with E-state index in [1.165, 1.54) is 107 Å². The summed E-state index contributed by atoms with van der Waals surface area (Å²) < 4.78 is 0. The van der Waals surface area contributed by atoms with Crippen LogP contribution in [0.3, 0.4) is 0 Å². The molecular weight excluding hydrogens is 677 g/mol. The first-order valence-corrected chi connectivity index (χ1v) is 21.4. The summed E-state index contributed by atoms with van der Waals surface area (Å²) in [7, 11) is 0. The van der Waals surface area contributed by atoms with Gasteiger partial charge in [0, 0.05) is 34.1 Å². The van der Waals surface area contributed by atoms with Crippen molar-refractivity contribution in [3.8, 4) is 0 Å². The Morgan fingerprint density at radius 3 is 0.679 bits per heavy atom. The smallest absolute Gasteiger partial charge is 0.0462 e. The van der Waals surface area contributed by atoms with Gasteiger partial charge in [0.05, 0.1) is 0 Å². The van der Waals surface area contributed by atoms with Gasteiger partial charge < -0.3 is 9.80 Å². The highest BCUT2D eigenvalue weighted by molar-refractivity contribution is 5.80. The van der Waals surface area contributed by atoms with Crippen molar-refractivity contribution < 1.29 is 0 Å². The molecule has 0 saturated carbocycles. The van der Waals surface area contributed by atoms with E-state index in [4.69, 9.17) is 0 Å². The zero-order valence-corrected chi connectivity index (χ0v) is 34.4. The summed E-state index contributed by atoms with van der Waals surface area (Å²) in [5, 5.41) is 0. The summed E-state index contributed by atoms with van der Waals surface area (Å²) in [6, 6.07) is 54.5. The Hall–Kier alpha value is -5.34. The summed E-state index contributed by atoms with van der Waals surface area (Å²) in [5.41, 5.74) is 15.0. The van der Waals surface area contributed by atoms with Gasteiger partial charge in [-0.3, -0.25) is 0 Å². The maximum absolute atomic E-state index is 2.38. The van der Waals surface area contributed by atoms with Crippen LogP contribution < -0.4 is 9.80 Å². The molecule has 0 spiro atoms. The number of anilines is 6. The van der Waals surface area contributed by atoms with E-state index in [2.05, 4.69) is 195 Å². The average molecular weight is 739 g/mol. The van der Waals surface area contributed by atoms with Gasteiger partial charge in [0.1, 0.15) is 0 Å². The van der Waals surface area contributed by atoms with Crippen LogP contribution in [-0.2, 0) is 25.7 Å². The Kier molecular flexibility index (Phi) is 15.2. The zero-order chi connectivity index (χ0) is 39.0. The molecule has 6 aromatic carbocycles. The summed E-state index contributed by atoms with van der Waals surface area (Å²) in [5.74, 6) is 0. The third kappa shape index (κ3) is 11.1. The van der Waals surface area contributed by atoms with Crippen molar-refractivity contribution in [2.24, 2.45) is 0 Å². The lowest BCUT2D eigenvalue weighted by Crippen LogP contribution is -2.10. The molecule has 0 atom stereocenters. The van der Waals surface area contributed by atoms with Crippen LogP contribution in [0.4, 0.5) is 34.1 Å². The number of aryl methyl sites for hydroxylation is 4. The highest BCUT2D eigenvalue weighted by Crippen LogP contribution is 2.37. The molecule has 6 aromatic rings. The van der Waals surface area contributed by atoms with E-state index in [9.17, 15) is 0 Å². The third-order valence-electron chi connectivity index (χ3n) is 10.8. The summed E-state index contributed by atoms with van der Waals surface area (Å²) in [6.07, 6.45) is 18.7. The van der Waals surface area contributed by atoms with Crippen LogP contribution in [0.2, 0.25) is 0 Å². The van der Waals surface area contributed by atoms with E-state index in [0.717, 1.165) is 37.1 Å². The lowest BCUT2D eigenvalue weighted by molar-refractivity contribution is 0.795. The molecule has 2 nitrogen and oxygen atoms in total. The Labute approximate surface area is 338 Å². The van der Waals surface area contributed by atoms with Gasteiger partial charge in [-0.1, -0.05) is 138 Å². The maximum atomic E-state index is 2.38. The van der Waals surface area contributed by atoms with Crippen LogP contribution in [0.25, 0.3) is 12.2 Å². The van der Waals surface area contributed by atoms with E-state index in [1.807, 2.05) is 0 Å². The summed E-state index contributed by atoms with van der Waals surface area (Å²) >= 11 is 0. The summed E-state index contributed by atoms with van der Waals surface area (Å²) in [4.78, 5) is 4.76. The molecular formula is C54H62N2. The molecule has 0 unspecified atom stereocenters. The van der Waals surface area contributed by atoms with Crippen LogP contribution in [0.15, 0.2) is 146 Å². The summed E-state index contributed by atoms with van der Waals surface area (Å²) in [6.45, 7) is 9.03. The molecule has 0 saturated heterocycles. The number of hydrogen-bond acceptors (Lipinski definition) is 2. The normalized spacial score (nSPS) is 11.3. The molecule has 0 aromatic heterocycles. The van der Waals surface area contributed by atoms with Crippen molar-refractivity contribution in [1.82, 2.24) is 0 Å². The first kappa shape index (κ1) is 40.3. The van der Waals surface area contributed by atoms with Gasteiger partial charge in [-0.2, -0.15) is 0 Å². The van der Waals surface area contributed by atoms with Crippen molar-refractivity contribution in [3.05, 3.63) is 179 Å². The average Bonchev–Trinajstić information content (AvgIpc) is 3.25. The van der Waals surface area contributed by atoms with Gasteiger partial charge >= 0.3 is 0 Å². The van der Waals surface area contributed by atoms with E-state index in [0.29, 0.717) is 0 Å². The molecule has 0 N–H and O–H groups in total. The van der Waals surface area contributed by atoms with Gasteiger partial charge in [-0.25, -0.2) is 0 Å². The van der Waals surface area contributed by atoms with Crippen LogP contribution in [0, 0.1) is 0 Å². The molecule has 288 valence electrons. The zero-order valence-electron chi connectivity index (χ0n) is 34.4. The fraction of sp³-hybridized carbons (Fsp3) is 0.296. The van der Waals surface area contributed by atoms with Crippen molar-refractivity contribution in [3.63, 3.8) is 0 Å². The topological polar surface area (TPSA) is 6.48 Å². The van der Waals surface area contributed by atoms with Crippen molar-refractivity contribution in [2.75, 3.05) is 9.80 Å². The van der Waals surface area contributed by atoms with Crippen LogP contribution >= 0.6 is 0 Å². The minimum atomic E-state index is 1.13. The van der Waals surface area contributed by atoms with Gasteiger partial charge in [0.2, 0.25) is 0 Å². The predicted molar refractivity (Wildman–Crippen MR) is 246 cm³/mol.